The molecule has 2 N–H and O–H groups in total. The molecule has 1 fully saturated rings. The van der Waals surface area contributed by atoms with Crippen molar-refractivity contribution in [2.24, 2.45) is 0 Å². The lowest BCUT2D eigenvalue weighted by Crippen LogP contribution is -2.49. The maximum absolute atomic E-state index is 12.4. The topological polar surface area (TPSA) is 64.7 Å². The van der Waals surface area contributed by atoms with E-state index in [1.165, 1.54) is 5.56 Å². The largest absolute Gasteiger partial charge is 0.346 e. The molecule has 0 aliphatic carbocycles. The number of aryl methyl sites for hydroxylation is 2. The van der Waals surface area contributed by atoms with Crippen molar-refractivity contribution < 1.29 is 9.59 Å². The second-order valence-corrected chi connectivity index (χ2v) is 8.14. The van der Waals surface area contributed by atoms with Crippen molar-refractivity contribution in [2.75, 3.05) is 39.8 Å². The molecule has 1 aliphatic rings. The number of hydrogen-bond acceptors (Lipinski definition) is 4. The van der Waals surface area contributed by atoms with E-state index in [9.17, 15) is 9.59 Å². The van der Waals surface area contributed by atoms with Crippen molar-refractivity contribution in [2.45, 2.75) is 26.4 Å². The number of hydrogen-bond donors (Lipinski definition) is 2. The Balaban J connectivity index is 1.58. The fourth-order valence-electron chi connectivity index (χ4n) is 3.62. The van der Waals surface area contributed by atoms with Crippen LogP contribution < -0.4 is 10.6 Å². The number of carbonyl (C=O) groups is 2. The van der Waals surface area contributed by atoms with Gasteiger partial charge in [-0.1, -0.05) is 59.7 Å². The molecule has 0 spiro atoms. The van der Waals surface area contributed by atoms with Crippen LogP contribution in [0.25, 0.3) is 0 Å². The lowest BCUT2D eigenvalue weighted by molar-refractivity contribution is -0.139. The Bertz CT molecular complexity index is 841. The maximum atomic E-state index is 12.4. The average Bonchev–Trinajstić information content (AvgIpc) is 2.75. The molecule has 30 heavy (non-hydrogen) atoms. The summed E-state index contributed by atoms with van der Waals surface area (Å²) in [4.78, 5) is 29.3. The van der Waals surface area contributed by atoms with Crippen LogP contribution >= 0.6 is 0 Å². The van der Waals surface area contributed by atoms with Gasteiger partial charge in [-0.25, -0.2) is 0 Å². The minimum absolute atomic E-state index is 0.0492. The molecule has 160 valence electrons. The first-order valence-electron chi connectivity index (χ1n) is 10.5. The van der Waals surface area contributed by atoms with Crippen molar-refractivity contribution in [1.29, 1.82) is 0 Å². The van der Waals surface area contributed by atoms with Crippen molar-refractivity contribution in [3.63, 3.8) is 0 Å². The average molecular weight is 409 g/mol. The maximum Gasteiger partial charge on any atom is 0.309 e. The predicted molar refractivity (Wildman–Crippen MR) is 119 cm³/mol. The van der Waals surface area contributed by atoms with Gasteiger partial charge in [0.1, 0.15) is 0 Å². The Hall–Kier alpha value is -2.70. The highest BCUT2D eigenvalue weighted by atomic mass is 16.2. The highest BCUT2D eigenvalue weighted by Gasteiger charge is 2.25. The Morgan fingerprint density at radius 1 is 0.833 bits per heavy atom. The standard InChI is InChI=1S/C24H32N4O2/c1-18-4-8-20(9-5-18)16-25-23(29)24(30)26-17-22(21-10-6-19(2)7-11-21)28-14-12-27(3)13-15-28/h4-11,22H,12-17H2,1-3H3,(H,25,29)(H,26,30)/t22-/m0/s1. The zero-order chi connectivity index (χ0) is 21.5. The van der Waals surface area contributed by atoms with E-state index in [0.717, 1.165) is 42.9 Å². The number of piperazine rings is 1. The number of benzene rings is 2. The molecule has 2 aromatic rings. The first kappa shape index (κ1) is 22.0. The van der Waals surface area contributed by atoms with Crippen LogP contribution in [0, 0.1) is 13.8 Å². The van der Waals surface area contributed by atoms with E-state index in [1.54, 1.807) is 0 Å². The normalized spacial score (nSPS) is 16.1. The highest BCUT2D eigenvalue weighted by Crippen LogP contribution is 2.22. The molecule has 2 aromatic carbocycles. The first-order valence-corrected chi connectivity index (χ1v) is 10.5. The van der Waals surface area contributed by atoms with E-state index >= 15 is 0 Å². The molecule has 0 radical (unpaired) electrons. The van der Waals surface area contributed by atoms with Crippen LogP contribution in [-0.2, 0) is 16.1 Å². The van der Waals surface area contributed by atoms with E-state index in [2.05, 4.69) is 58.7 Å². The molecule has 0 unspecified atom stereocenters. The lowest BCUT2D eigenvalue weighted by atomic mass is 10.0. The second-order valence-electron chi connectivity index (χ2n) is 8.14. The van der Waals surface area contributed by atoms with Crippen molar-refractivity contribution >= 4 is 11.8 Å². The number of carbonyl (C=O) groups excluding carboxylic acids is 2. The van der Waals surface area contributed by atoms with E-state index in [0.29, 0.717) is 13.1 Å². The van der Waals surface area contributed by atoms with Gasteiger partial charge in [-0.05, 0) is 32.0 Å². The molecule has 1 heterocycles. The molecule has 6 heteroatoms. The Morgan fingerprint density at radius 2 is 1.37 bits per heavy atom. The van der Waals surface area contributed by atoms with Gasteiger partial charge in [0.15, 0.2) is 0 Å². The third-order valence-corrected chi connectivity index (χ3v) is 5.68. The summed E-state index contributed by atoms with van der Waals surface area (Å²) in [5.41, 5.74) is 4.49. The molecule has 3 rings (SSSR count). The zero-order valence-corrected chi connectivity index (χ0v) is 18.1. The molecule has 2 amide bonds. The number of nitrogens with zero attached hydrogens (tertiary/aromatic N) is 2. The molecule has 0 saturated carbocycles. The number of amides is 2. The SMILES string of the molecule is Cc1ccc(CNC(=O)C(=O)NC[C@@H](c2ccc(C)cc2)N2CCN(C)CC2)cc1. The monoisotopic (exact) mass is 408 g/mol. The highest BCUT2D eigenvalue weighted by molar-refractivity contribution is 6.35. The number of likely N-dealkylation sites (N-methyl/N-ethyl adjacent to an activating group) is 1. The molecule has 0 bridgehead atoms. The van der Waals surface area contributed by atoms with Crippen molar-refractivity contribution in [1.82, 2.24) is 20.4 Å². The van der Waals surface area contributed by atoms with Crippen molar-refractivity contribution in [3.05, 3.63) is 70.8 Å². The predicted octanol–water partition coefficient (Wildman–Crippen LogP) is 2.02. The van der Waals surface area contributed by atoms with Crippen LogP contribution in [0.3, 0.4) is 0 Å². The summed E-state index contributed by atoms with van der Waals surface area (Å²) in [6.45, 7) is 8.68. The van der Waals surface area contributed by atoms with Crippen LogP contribution in [0.1, 0.15) is 28.3 Å². The third-order valence-electron chi connectivity index (χ3n) is 5.68. The van der Waals surface area contributed by atoms with Gasteiger partial charge in [0.05, 0.1) is 6.04 Å². The fraction of sp³-hybridized carbons (Fsp3) is 0.417. The minimum Gasteiger partial charge on any atom is -0.346 e. The van der Waals surface area contributed by atoms with Crippen LogP contribution in [0.4, 0.5) is 0 Å². The lowest BCUT2D eigenvalue weighted by Gasteiger charge is -2.38. The van der Waals surface area contributed by atoms with Crippen LogP contribution in [0.2, 0.25) is 0 Å². The summed E-state index contributed by atoms with van der Waals surface area (Å²) < 4.78 is 0. The molecule has 1 aliphatic heterocycles. The van der Waals surface area contributed by atoms with Gasteiger partial charge in [-0.2, -0.15) is 0 Å². The van der Waals surface area contributed by atoms with Gasteiger partial charge in [0.25, 0.3) is 0 Å². The summed E-state index contributed by atoms with van der Waals surface area (Å²) in [6.07, 6.45) is 0. The van der Waals surface area contributed by atoms with Crippen molar-refractivity contribution in [3.8, 4) is 0 Å². The van der Waals surface area contributed by atoms with Gasteiger partial charge < -0.3 is 15.5 Å². The number of nitrogens with one attached hydrogen (secondary N) is 2. The molecular weight excluding hydrogens is 376 g/mol. The Kier molecular flexibility index (Phi) is 7.60. The third kappa shape index (κ3) is 6.15. The molecule has 1 atom stereocenters. The summed E-state index contributed by atoms with van der Waals surface area (Å²) >= 11 is 0. The Labute approximate surface area is 179 Å². The zero-order valence-electron chi connectivity index (χ0n) is 18.1. The number of rotatable bonds is 6. The summed E-state index contributed by atoms with van der Waals surface area (Å²) in [5, 5.41) is 5.55. The minimum atomic E-state index is -0.600. The van der Waals surface area contributed by atoms with Gasteiger partial charge in [-0.15, -0.1) is 0 Å². The van der Waals surface area contributed by atoms with Gasteiger partial charge >= 0.3 is 11.8 Å². The van der Waals surface area contributed by atoms with Crippen LogP contribution in [0.15, 0.2) is 48.5 Å². The molecule has 0 aromatic heterocycles. The van der Waals surface area contributed by atoms with Gasteiger partial charge in [0, 0.05) is 39.3 Å². The van der Waals surface area contributed by atoms with E-state index < -0.39 is 11.8 Å². The fourth-order valence-corrected chi connectivity index (χ4v) is 3.62. The van der Waals surface area contributed by atoms with Gasteiger partial charge in [-0.3, -0.25) is 14.5 Å². The summed E-state index contributed by atoms with van der Waals surface area (Å²) in [7, 11) is 2.12. The van der Waals surface area contributed by atoms with Gasteiger partial charge in [0.2, 0.25) is 0 Å². The summed E-state index contributed by atoms with van der Waals surface area (Å²) in [6, 6.07) is 16.3. The molecule has 1 saturated heterocycles. The Morgan fingerprint density at radius 3 is 1.97 bits per heavy atom. The summed E-state index contributed by atoms with van der Waals surface area (Å²) in [5.74, 6) is -1.19. The molecular formula is C24H32N4O2. The van der Waals surface area contributed by atoms with Crippen LogP contribution in [-0.4, -0.2) is 61.4 Å². The van der Waals surface area contributed by atoms with E-state index in [-0.39, 0.29) is 6.04 Å². The first-order chi connectivity index (χ1) is 14.4. The second kappa shape index (κ2) is 10.4. The van der Waals surface area contributed by atoms with Crippen LogP contribution in [0.5, 0.6) is 0 Å². The molecule has 6 nitrogen and oxygen atoms in total. The quantitative estimate of drug-likeness (QED) is 0.718. The van der Waals surface area contributed by atoms with E-state index in [1.807, 2.05) is 31.2 Å². The smallest absolute Gasteiger partial charge is 0.309 e. The van der Waals surface area contributed by atoms with E-state index in [4.69, 9.17) is 0 Å².